The van der Waals surface area contributed by atoms with Crippen molar-refractivity contribution < 1.29 is 0 Å². The van der Waals surface area contributed by atoms with Crippen LogP contribution in [-0.2, 0) is 6.42 Å². The van der Waals surface area contributed by atoms with Gasteiger partial charge in [0.25, 0.3) is 0 Å². The number of piperazine rings is 1. The molecular weight excluding hydrogens is 425 g/mol. The number of hydrogen-bond acceptors (Lipinski definition) is 3. The van der Waals surface area contributed by atoms with Crippen LogP contribution in [0.2, 0.25) is 0 Å². The van der Waals surface area contributed by atoms with Crippen LogP contribution in [0.15, 0.2) is 29.3 Å². The van der Waals surface area contributed by atoms with Gasteiger partial charge in [0, 0.05) is 38.4 Å². The van der Waals surface area contributed by atoms with Gasteiger partial charge in [0.1, 0.15) is 0 Å². The van der Waals surface area contributed by atoms with Gasteiger partial charge in [0.2, 0.25) is 0 Å². The minimum atomic E-state index is 0. The van der Waals surface area contributed by atoms with E-state index in [4.69, 9.17) is 5.73 Å². The first-order chi connectivity index (χ1) is 11.7. The molecule has 25 heavy (non-hydrogen) atoms. The fraction of sp³-hybridized carbons (Fsp3) is 0.632. The lowest BCUT2D eigenvalue weighted by molar-refractivity contribution is 0.136. The maximum absolute atomic E-state index is 5.95. The van der Waals surface area contributed by atoms with Crippen LogP contribution in [0, 0.1) is 0 Å². The highest BCUT2D eigenvalue weighted by atomic mass is 127. The van der Waals surface area contributed by atoms with Gasteiger partial charge in [-0.1, -0.05) is 26.0 Å². The summed E-state index contributed by atoms with van der Waals surface area (Å²) in [5, 5.41) is 3.16. The number of guanidine groups is 1. The summed E-state index contributed by atoms with van der Waals surface area (Å²) >= 11 is 0. The molecule has 0 aliphatic carbocycles. The van der Waals surface area contributed by atoms with Gasteiger partial charge >= 0.3 is 0 Å². The molecule has 3 N–H and O–H groups in total. The van der Waals surface area contributed by atoms with Crippen LogP contribution in [0.1, 0.15) is 32.3 Å². The number of aryl methyl sites for hydroxylation is 1. The molecule has 0 aromatic heterocycles. The van der Waals surface area contributed by atoms with Gasteiger partial charge in [-0.15, -0.1) is 24.0 Å². The van der Waals surface area contributed by atoms with Gasteiger partial charge in [-0.25, -0.2) is 0 Å². The first-order valence-electron chi connectivity index (χ1n) is 9.32. The Hall–Kier alpha value is -0.860. The van der Waals surface area contributed by atoms with Gasteiger partial charge in [-0.3, -0.25) is 4.99 Å². The molecule has 1 aliphatic rings. The molecule has 1 aliphatic heterocycles. The quantitative estimate of drug-likeness (QED) is 0.272. The molecule has 0 spiro atoms. The molecule has 5 nitrogen and oxygen atoms in total. The van der Waals surface area contributed by atoms with Crippen LogP contribution in [0.5, 0.6) is 0 Å². The van der Waals surface area contributed by atoms with Gasteiger partial charge < -0.3 is 20.9 Å². The maximum Gasteiger partial charge on any atom is 0.193 e. The average molecular weight is 459 g/mol. The normalized spacial score (nSPS) is 16.5. The standard InChI is InChI=1S/C19H33N5.HI/c1-3-17-7-9-18(10-8-17)22-19(20)21-11-5-6-12-24-15-13-23(4-2)14-16-24;/h7-10H,3-6,11-16H2,1-2H3,(H3,20,21,22);1H. The number of hydrogen-bond donors (Lipinski definition) is 2. The summed E-state index contributed by atoms with van der Waals surface area (Å²) in [7, 11) is 0. The number of benzene rings is 1. The number of rotatable bonds is 8. The van der Waals surface area contributed by atoms with E-state index >= 15 is 0 Å². The summed E-state index contributed by atoms with van der Waals surface area (Å²) in [5.41, 5.74) is 8.29. The number of anilines is 1. The predicted octanol–water partition coefficient (Wildman–Crippen LogP) is 3.01. The molecule has 1 aromatic rings. The molecule has 1 aromatic carbocycles. The average Bonchev–Trinajstić information content (AvgIpc) is 2.62. The van der Waals surface area contributed by atoms with Crippen LogP contribution in [-0.4, -0.2) is 61.6 Å². The maximum atomic E-state index is 5.95. The Kier molecular flexibility index (Phi) is 11.1. The lowest BCUT2D eigenvalue weighted by atomic mass is 10.1. The van der Waals surface area contributed by atoms with Crippen LogP contribution >= 0.6 is 24.0 Å². The second-order valence-corrected chi connectivity index (χ2v) is 6.43. The van der Waals surface area contributed by atoms with E-state index in [-0.39, 0.29) is 24.0 Å². The van der Waals surface area contributed by atoms with Crippen LogP contribution in [0.25, 0.3) is 0 Å². The zero-order valence-corrected chi connectivity index (χ0v) is 18.0. The fourth-order valence-electron chi connectivity index (χ4n) is 2.99. The van der Waals surface area contributed by atoms with E-state index in [0.29, 0.717) is 5.96 Å². The van der Waals surface area contributed by atoms with Crippen molar-refractivity contribution in [2.24, 2.45) is 10.7 Å². The van der Waals surface area contributed by atoms with Crippen molar-refractivity contribution in [1.82, 2.24) is 9.80 Å². The minimum absolute atomic E-state index is 0. The molecule has 0 unspecified atom stereocenters. The molecule has 0 amide bonds. The minimum Gasteiger partial charge on any atom is -0.370 e. The topological polar surface area (TPSA) is 56.9 Å². The molecule has 142 valence electrons. The van der Waals surface area contributed by atoms with Crippen molar-refractivity contribution in [1.29, 1.82) is 0 Å². The van der Waals surface area contributed by atoms with Crippen molar-refractivity contribution >= 4 is 35.6 Å². The highest BCUT2D eigenvalue weighted by Gasteiger charge is 2.14. The lowest BCUT2D eigenvalue weighted by Gasteiger charge is -2.33. The molecule has 1 saturated heterocycles. The Morgan fingerprint density at radius 2 is 1.68 bits per heavy atom. The molecule has 0 saturated carbocycles. The summed E-state index contributed by atoms with van der Waals surface area (Å²) < 4.78 is 0. The first-order valence-corrected chi connectivity index (χ1v) is 9.32. The van der Waals surface area contributed by atoms with Gasteiger partial charge in [-0.2, -0.15) is 0 Å². The number of nitrogens with zero attached hydrogens (tertiary/aromatic N) is 3. The summed E-state index contributed by atoms with van der Waals surface area (Å²) in [4.78, 5) is 9.50. The van der Waals surface area contributed by atoms with Crippen molar-refractivity contribution in [3.05, 3.63) is 29.8 Å². The SMILES string of the molecule is CCc1ccc(NC(N)=NCCCCN2CCN(CC)CC2)cc1.I. The largest absolute Gasteiger partial charge is 0.370 e. The van der Waals surface area contributed by atoms with E-state index < -0.39 is 0 Å². The molecule has 2 rings (SSSR count). The van der Waals surface area contributed by atoms with Gasteiger partial charge in [0.05, 0.1) is 0 Å². The molecular formula is C19H34IN5. The zero-order valence-electron chi connectivity index (χ0n) is 15.7. The Morgan fingerprint density at radius 3 is 2.28 bits per heavy atom. The smallest absolute Gasteiger partial charge is 0.193 e. The van der Waals surface area contributed by atoms with E-state index in [9.17, 15) is 0 Å². The van der Waals surface area contributed by atoms with Crippen molar-refractivity contribution in [2.75, 3.05) is 51.1 Å². The Morgan fingerprint density at radius 1 is 1.04 bits per heavy atom. The molecule has 0 bridgehead atoms. The monoisotopic (exact) mass is 459 g/mol. The highest BCUT2D eigenvalue weighted by Crippen LogP contribution is 2.09. The third kappa shape index (κ3) is 8.37. The Labute approximate surface area is 170 Å². The highest BCUT2D eigenvalue weighted by molar-refractivity contribution is 14.0. The van der Waals surface area contributed by atoms with Gasteiger partial charge in [0.15, 0.2) is 5.96 Å². The summed E-state index contributed by atoms with van der Waals surface area (Å²) in [6, 6.07) is 8.34. The number of nitrogens with two attached hydrogens (primary N) is 1. The number of aliphatic imine (C=N–C) groups is 1. The number of unbranched alkanes of at least 4 members (excludes halogenated alkanes) is 1. The molecule has 0 atom stereocenters. The van der Waals surface area contributed by atoms with Crippen molar-refractivity contribution in [3.63, 3.8) is 0 Å². The summed E-state index contributed by atoms with van der Waals surface area (Å²) in [5.74, 6) is 0.510. The fourth-order valence-corrected chi connectivity index (χ4v) is 2.99. The molecule has 1 heterocycles. The first kappa shape index (κ1) is 22.2. The summed E-state index contributed by atoms with van der Waals surface area (Å²) in [6.45, 7) is 12.4. The van der Waals surface area contributed by atoms with E-state index in [0.717, 1.165) is 25.1 Å². The number of nitrogens with one attached hydrogen (secondary N) is 1. The van der Waals surface area contributed by atoms with Crippen molar-refractivity contribution in [3.8, 4) is 0 Å². The second kappa shape index (κ2) is 12.5. The predicted molar refractivity (Wildman–Crippen MR) is 119 cm³/mol. The van der Waals surface area contributed by atoms with Crippen molar-refractivity contribution in [2.45, 2.75) is 33.1 Å². The third-order valence-corrected chi connectivity index (χ3v) is 4.71. The second-order valence-electron chi connectivity index (χ2n) is 6.43. The van der Waals surface area contributed by atoms with E-state index in [1.54, 1.807) is 0 Å². The van der Waals surface area contributed by atoms with Crippen LogP contribution in [0.4, 0.5) is 5.69 Å². The lowest BCUT2D eigenvalue weighted by Crippen LogP contribution is -2.46. The summed E-state index contributed by atoms with van der Waals surface area (Å²) in [6.07, 6.45) is 3.33. The molecule has 0 radical (unpaired) electrons. The van der Waals surface area contributed by atoms with Crippen LogP contribution in [0.3, 0.4) is 0 Å². The Balaban J connectivity index is 0.00000312. The Bertz CT molecular complexity index is 495. The van der Waals surface area contributed by atoms with Crippen LogP contribution < -0.4 is 11.1 Å². The number of likely N-dealkylation sites (N-methyl/N-ethyl adjacent to an activating group) is 1. The van der Waals surface area contributed by atoms with E-state index in [1.807, 2.05) is 0 Å². The van der Waals surface area contributed by atoms with E-state index in [2.05, 4.69) is 58.2 Å². The number of halogens is 1. The van der Waals surface area contributed by atoms with Gasteiger partial charge in [-0.05, 0) is 50.0 Å². The van der Waals surface area contributed by atoms with E-state index in [1.165, 1.54) is 51.3 Å². The molecule has 6 heteroatoms. The third-order valence-electron chi connectivity index (χ3n) is 4.71. The molecule has 1 fully saturated rings. The zero-order chi connectivity index (χ0) is 17.2.